The second-order valence-corrected chi connectivity index (χ2v) is 17.6. The van der Waals surface area contributed by atoms with Gasteiger partial charge in [0.15, 0.2) is 0 Å². The molecule has 5 heterocycles. The molecule has 0 bridgehead atoms. The number of hydrogen-bond acceptors (Lipinski definition) is 1. The van der Waals surface area contributed by atoms with Crippen LogP contribution in [-0.2, 0) is 5.41 Å². The third-order valence-electron chi connectivity index (χ3n) is 12.5. The minimum atomic E-state index is 0.103. The van der Waals surface area contributed by atoms with Crippen LogP contribution < -0.4 is 0 Å². The highest BCUT2D eigenvalue weighted by Gasteiger charge is 2.25. The summed E-state index contributed by atoms with van der Waals surface area (Å²) in [4.78, 5) is 0. The Kier molecular flexibility index (Phi) is 5.56. The molecule has 3 heteroatoms. The zero-order valence-corrected chi connectivity index (χ0v) is 31.6. The fourth-order valence-corrected chi connectivity index (χ4v) is 11.2. The molecule has 55 heavy (non-hydrogen) atoms. The maximum absolute atomic E-state index is 2.58. The molecular weight excluding hydrogens is 685 g/mol. The van der Waals surface area contributed by atoms with Crippen LogP contribution in [0.2, 0.25) is 0 Å². The molecule has 0 aliphatic carbocycles. The summed E-state index contributed by atoms with van der Waals surface area (Å²) in [6.07, 6.45) is 0. The summed E-state index contributed by atoms with van der Waals surface area (Å²) in [7, 11) is 0. The van der Waals surface area contributed by atoms with E-state index in [9.17, 15) is 0 Å². The van der Waals surface area contributed by atoms with Crippen LogP contribution in [0.3, 0.4) is 0 Å². The number of benzene rings is 8. The molecule has 5 aromatic heterocycles. The van der Waals surface area contributed by atoms with Crippen molar-refractivity contribution in [2.24, 2.45) is 0 Å². The van der Waals surface area contributed by atoms with Gasteiger partial charge in [-0.15, -0.1) is 11.3 Å². The molecule has 0 N–H and O–H groups in total. The van der Waals surface area contributed by atoms with Gasteiger partial charge in [-0.3, -0.25) is 0 Å². The summed E-state index contributed by atoms with van der Waals surface area (Å²) in [5.74, 6) is 0. The highest BCUT2D eigenvalue weighted by Crippen LogP contribution is 2.49. The number of aromatic nitrogens is 2. The number of thiophene rings is 1. The van der Waals surface area contributed by atoms with Crippen LogP contribution in [0, 0.1) is 0 Å². The maximum Gasteiger partial charge on any atom is 0.0621 e. The van der Waals surface area contributed by atoms with Crippen LogP contribution >= 0.6 is 11.3 Å². The summed E-state index contributed by atoms with van der Waals surface area (Å²) >= 11 is 1.90. The van der Waals surface area contributed by atoms with E-state index < -0.39 is 0 Å². The Balaban J connectivity index is 1.20. The quantitative estimate of drug-likeness (QED) is 0.168. The van der Waals surface area contributed by atoms with E-state index >= 15 is 0 Å². The van der Waals surface area contributed by atoms with Crippen LogP contribution in [0.25, 0.3) is 119 Å². The lowest BCUT2D eigenvalue weighted by Gasteiger charge is -2.19. The molecule has 13 aromatic rings. The average Bonchev–Trinajstić information content (AvgIpc) is 4.00. The molecule has 13 rings (SSSR count). The van der Waals surface area contributed by atoms with Gasteiger partial charge in [-0.05, 0) is 81.8 Å². The van der Waals surface area contributed by atoms with Gasteiger partial charge >= 0.3 is 0 Å². The molecule has 0 fully saturated rings. The second-order valence-electron chi connectivity index (χ2n) is 16.5. The first kappa shape index (κ1) is 30.0. The Hall–Kier alpha value is -6.42. The van der Waals surface area contributed by atoms with Gasteiger partial charge in [0.25, 0.3) is 0 Å². The van der Waals surface area contributed by atoms with Crippen LogP contribution in [0.15, 0.2) is 152 Å². The van der Waals surface area contributed by atoms with Crippen molar-refractivity contribution in [2.45, 2.75) is 26.2 Å². The number of fused-ring (bicyclic) bond motifs is 16. The molecule has 0 amide bonds. The number of hydrogen-bond donors (Lipinski definition) is 0. The lowest BCUT2D eigenvalue weighted by molar-refractivity contribution is 0.590. The van der Waals surface area contributed by atoms with Gasteiger partial charge in [0.05, 0.1) is 33.1 Å². The van der Waals surface area contributed by atoms with Crippen molar-refractivity contribution in [3.8, 4) is 22.3 Å². The molecule has 258 valence electrons. The van der Waals surface area contributed by atoms with Crippen LogP contribution in [0.5, 0.6) is 0 Å². The SMILES string of the molecule is CC(C)(C)c1ccc(-c2ccccc2-c2cc3c4cc5c(cc4n4c6ccc7sc8ccccc8c7c6c(c2)c34)c2cccc3c4ccccc4n5c32)cc1. The minimum Gasteiger partial charge on any atom is -0.308 e. The zero-order chi connectivity index (χ0) is 36.3. The number of nitrogens with zero attached hydrogens (tertiary/aromatic N) is 2. The molecule has 0 saturated carbocycles. The molecule has 0 aliphatic rings. The molecule has 0 radical (unpaired) electrons. The van der Waals surface area contributed by atoms with Gasteiger partial charge in [0.2, 0.25) is 0 Å². The summed E-state index contributed by atoms with van der Waals surface area (Å²) in [5.41, 5.74) is 14.2. The second kappa shape index (κ2) is 10.2. The van der Waals surface area contributed by atoms with E-state index in [2.05, 4.69) is 181 Å². The Bertz CT molecular complexity index is 3730. The van der Waals surface area contributed by atoms with E-state index in [1.165, 1.54) is 124 Å². The van der Waals surface area contributed by atoms with Gasteiger partial charge in [-0.25, -0.2) is 0 Å². The third-order valence-corrected chi connectivity index (χ3v) is 13.7. The Morgan fingerprint density at radius 2 is 0.982 bits per heavy atom. The van der Waals surface area contributed by atoms with Gasteiger partial charge < -0.3 is 8.80 Å². The predicted octanol–water partition coefficient (Wildman–Crippen LogP) is 15.0. The van der Waals surface area contributed by atoms with Crippen molar-refractivity contribution in [3.05, 3.63) is 157 Å². The molecule has 0 unspecified atom stereocenters. The third kappa shape index (κ3) is 3.79. The molecule has 0 atom stereocenters. The van der Waals surface area contributed by atoms with Gasteiger partial charge in [0, 0.05) is 63.3 Å². The van der Waals surface area contributed by atoms with Crippen LogP contribution in [-0.4, -0.2) is 8.80 Å². The Morgan fingerprint density at radius 3 is 1.76 bits per heavy atom. The fraction of sp³-hybridized carbons (Fsp3) is 0.0769. The first-order chi connectivity index (χ1) is 26.9. The summed E-state index contributed by atoms with van der Waals surface area (Å²) in [5, 5.41) is 13.2. The topological polar surface area (TPSA) is 8.82 Å². The molecule has 2 nitrogen and oxygen atoms in total. The van der Waals surface area contributed by atoms with E-state index in [1.807, 2.05) is 11.3 Å². The average molecular weight is 719 g/mol. The van der Waals surface area contributed by atoms with Crippen molar-refractivity contribution in [3.63, 3.8) is 0 Å². The fourth-order valence-electron chi connectivity index (χ4n) is 10.1. The zero-order valence-electron chi connectivity index (χ0n) is 30.7. The van der Waals surface area contributed by atoms with E-state index in [4.69, 9.17) is 0 Å². The number of para-hydroxylation sites is 2. The smallest absolute Gasteiger partial charge is 0.0621 e. The summed E-state index contributed by atoms with van der Waals surface area (Å²) in [6.45, 7) is 6.85. The highest BCUT2D eigenvalue weighted by atomic mass is 32.1. The maximum atomic E-state index is 2.58. The molecule has 0 spiro atoms. The largest absolute Gasteiger partial charge is 0.308 e. The number of rotatable bonds is 2. The van der Waals surface area contributed by atoms with E-state index in [0.717, 1.165) is 0 Å². The highest BCUT2D eigenvalue weighted by molar-refractivity contribution is 7.26. The Labute approximate surface area is 320 Å². The van der Waals surface area contributed by atoms with E-state index in [0.29, 0.717) is 0 Å². The molecule has 0 saturated heterocycles. The molecule has 0 aliphatic heterocycles. The standard InChI is InChI=1S/C52H34N2S/c1-52(2,3)31-21-19-29(20-22-31)32-11-4-5-12-33(32)30-25-40-39-28-44-38(36-16-10-15-35-34-13-6-8-17-42(34)53(44)50(35)36)27-45(39)54-43-23-24-47-49(48(43)41(26-30)51(40)54)37-14-7-9-18-46(37)55-47/h4-28H,1-3H3. The van der Waals surface area contributed by atoms with E-state index in [-0.39, 0.29) is 5.41 Å². The lowest BCUT2D eigenvalue weighted by atomic mass is 9.85. The van der Waals surface area contributed by atoms with Crippen molar-refractivity contribution < 1.29 is 0 Å². The van der Waals surface area contributed by atoms with Gasteiger partial charge in [-0.2, -0.15) is 0 Å². The van der Waals surface area contributed by atoms with E-state index in [1.54, 1.807) is 0 Å². The summed E-state index contributed by atoms with van der Waals surface area (Å²) in [6, 6.07) is 57.5. The monoisotopic (exact) mass is 718 g/mol. The minimum absolute atomic E-state index is 0.103. The first-order valence-corrected chi connectivity index (χ1v) is 20.1. The van der Waals surface area contributed by atoms with Gasteiger partial charge in [-0.1, -0.05) is 124 Å². The normalized spacial score (nSPS) is 13.0. The van der Waals surface area contributed by atoms with Gasteiger partial charge in [0.1, 0.15) is 0 Å². The molecule has 8 aromatic carbocycles. The Morgan fingerprint density at radius 1 is 0.382 bits per heavy atom. The van der Waals surface area contributed by atoms with Crippen molar-refractivity contribution >= 4 is 108 Å². The molecular formula is C52H34N2S. The van der Waals surface area contributed by atoms with Crippen molar-refractivity contribution in [2.75, 3.05) is 0 Å². The van der Waals surface area contributed by atoms with Crippen molar-refractivity contribution in [1.82, 2.24) is 8.80 Å². The lowest BCUT2D eigenvalue weighted by Crippen LogP contribution is -2.10. The summed E-state index contributed by atoms with van der Waals surface area (Å²) < 4.78 is 7.77. The first-order valence-electron chi connectivity index (χ1n) is 19.3. The predicted molar refractivity (Wildman–Crippen MR) is 238 cm³/mol. The van der Waals surface area contributed by atoms with Crippen molar-refractivity contribution in [1.29, 1.82) is 0 Å². The van der Waals surface area contributed by atoms with Crippen LogP contribution in [0.4, 0.5) is 0 Å². The van der Waals surface area contributed by atoms with Crippen LogP contribution in [0.1, 0.15) is 26.3 Å².